The first kappa shape index (κ1) is 29.0. The average Bonchev–Trinajstić information content (AvgIpc) is 3.59. The Morgan fingerprint density at radius 3 is 1.53 bits per heavy atom. The third kappa shape index (κ3) is 5.04. The number of nitrogens with zero attached hydrogens (tertiary/aromatic N) is 3. The van der Waals surface area contributed by atoms with E-state index < -0.39 is 0 Å². The zero-order valence-corrected chi connectivity index (χ0v) is 27.5. The maximum atomic E-state index is 6.60. The molecule has 0 aliphatic heterocycles. The van der Waals surface area contributed by atoms with Crippen molar-refractivity contribution < 1.29 is 4.42 Å². The van der Waals surface area contributed by atoms with Crippen molar-refractivity contribution in [2.75, 3.05) is 0 Å². The lowest BCUT2D eigenvalue weighted by Crippen LogP contribution is -2.00. The van der Waals surface area contributed by atoms with Crippen molar-refractivity contribution in [3.8, 4) is 56.4 Å². The zero-order chi connectivity index (χ0) is 33.7. The molecule has 10 aromatic rings. The molecule has 2 heterocycles. The summed E-state index contributed by atoms with van der Waals surface area (Å²) >= 11 is 0. The summed E-state index contributed by atoms with van der Waals surface area (Å²) in [7, 11) is 0. The van der Waals surface area contributed by atoms with Gasteiger partial charge in [-0.3, -0.25) is 0 Å². The van der Waals surface area contributed by atoms with E-state index in [4.69, 9.17) is 19.4 Å². The third-order valence-corrected chi connectivity index (χ3v) is 9.73. The Morgan fingerprint density at radius 2 is 0.843 bits per heavy atom. The molecule has 2 aromatic heterocycles. The van der Waals surface area contributed by atoms with Crippen LogP contribution in [0.5, 0.6) is 0 Å². The van der Waals surface area contributed by atoms with Crippen molar-refractivity contribution in [2.24, 2.45) is 0 Å². The fourth-order valence-electron chi connectivity index (χ4n) is 7.22. The molecule has 0 bridgehead atoms. The van der Waals surface area contributed by atoms with E-state index >= 15 is 0 Å². The third-order valence-electron chi connectivity index (χ3n) is 9.73. The van der Waals surface area contributed by atoms with Gasteiger partial charge in [0.15, 0.2) is 17.5 Å². The predicted molar refractivity (Wildman–Crippen MR) is 209 cm³/mol. The summed E-state index contributed by atoms with van der Waals surface area (Å²) < 4.78 is 6.60. The van der Waals surface area contributed by atoms with Crippen LogP contribution in [0.1, 0.15) is 0 Å². The molecule has 4 heteroatoms. The fraction of sp³-hybridized carbons (Fsp3) is 0. The van der Waals surface area contributed by atoms with Crippen molar-refractivity contribution in [3.05, 3.63) is 176 Å². The highest BCUT2D eigenvalue weighted by atomic mass is 16.3. The van der Waals surface area contributed by atoms with Crippen molar-refractivity contribution in [3.63, 3.8) is 0 Å². The number of rotatable bonds is 5. The van der Waals surface area contributed by atoms with Gasteiger partial charge in [0, 0.05) is 32.8 Å². The number of aromatic nitrogens is 3. The van der Waals surface area contributed by atoms with E-state index in [1.807, 2.05) is 72.8 Å². The molecule has 0 unspecified atom stereocenters. The highest BCUT2D eigenvalue weighted by Crippen LogP contribution is 2.41. The summed E-state index contributed by atoms with van der Waals surface area (Å²) in [5.74, 6) is 1.89. The lowest BCUT2D eigenvalue weighted by atomic mass is 9.93. The quantitative estimate of drug-likeness (QED) is 0.186. The summed E-state index contributed by atoms with van der Waals surface area (Å²) in [6.45, 7) is 0. The standard InChI is InChI=1S/C47H29N3O/c1-3-13-33(14-4-1)45-48-46(34-15-5-2-6-16-34)50-47(49-45)35-26-27-43-41(28-35)42-29-40(38-19-9-10-20-39(38)44(42)51-43)32-24-22-31(23-25-32)37-21-11-17-30-12-7-8-18-36(30)37/h1-29H. The monoisotopic (exact) mass is 651 g/mol. The van der Waals surface area contributed by atoms with Crippen LogP contribution in [0.15, 0.2) is 180 Å². The largest absolute Gasteiger partial charge is 0.455 e. The Labute approximate surface area is 294 Å². The average molecular weight is 652 g/mol. The van der Waals surface area contributed by atoms with E-state index in [0.717, 1.165) is 60.5 Å². The van der Waals surface area contributed by atoms with E-state index in [-0.39, 0.29) is 0 Å². The first-order valence-corrected chi connectivity index (χ1v) is 17.1. The van der Waals surface area contributed by atoms with Crippen LogP contribution in [0, 0.1) is 0 Å². The molecule has 238 valence electrons. The van der Waals surface area contributed by atoms with Crippen molar-refractivity contribution in [1.29, 1.82) is 0 Å². The predicted octanol–water partition coefficient (Wildman–Crippen LogP) is 12.4. The van der Waals surface area contributed by atoms with Crippen LogP contribution in [0.25, 0.3) is 99.9 Å². The summed E-state index contributed by atoms with van der Waals surface area (Å²) in [5.41, 5.74) is 9.22. The number of hydrogen-bond donors (Lipinski definition) is 0. The molecule has 8 aromatic carbocycles. The molecule has 0 radical (unpaired) electrons. The van der Waals surface area contributed by atoms with Gasteiger partial charge in [-0.15, -0.1) is 0 Å². The molecule has 10 rings (SSSR count). The van der Waals surface area contributed by atoms with Gasteiger partial charge in [-0.05, 0) is 62.7 Å². The summed E-state index contributed by atoms with van der Waals surface area (Å²) in [5, 5.41) is 6.80. The zero-order valence-electron chi connectivity index (χ0n) is 27.5. The van der Waals surface area contributed by atoms with Crippen LogP contribution in [0.2, 0.25) is 0 Å². The second-order valence-corrected chi connectivity index (χ2v) is 12.8. The van der Waals surface area contributed by atoms with Gasteiger partial charge in [0.2, 0.25) is 0 Å². The van der Waals surface area contributed by atoms with Crippen LogP contribution >= 0.6 is 0 Å². The Kier molecular flexibility index (Phi) is 6.78. The Bertz CT molecular complexity index is 2830. The second kappa shape index (κ2) is 11.9. The van der Waals surface area contributed by atoms with Gasteiger partial charge in [0.05, 0.1) is 0 Å². The number of furan rings is 1. The Balaban J connectivity index is 1.13. The van der Waals surface area contributed by atoms with Crippen molar-refractivity contribution in [2.45, 2.75) is 0 Å². The molecule has 4 nitrogen and oxygen atoms in total. The Morgan fingerprint density at radius 1 is 0.314 bits per heavy atom. The topological polar surface area (TPSA) is 51.8 Å². The van der Waals surface area contributed by atoms with Gasteiger partial charge in [0.1, 0.15) is 11.2 Å². The summed E-state index contributed by atoms with van der Waals surface area (Å²) in [4.78, 5) is 14.9. The van der Waals surface area contributed by atoms with Crippen molar-refractivity contribution in [1.82, 2.24) is 15.0 Å². The van der Waals surface area contributed by atoms with Crippen LogP contribution in [0.4, 0.5) is 0 Å². The molecule has 0 saturated carbocycles. The van der Waals surface area contributed by atoms with E-state index in [2.05, 4.69) is 103 Å². The molecule has 0 atom stereocenters. The Hall–Kier alpha value is -6.91. The first-order chi connectivity index (χ1) is 25.3. The lowest BCUT2D eigenvalue weighted by Gasteiger charge is -2.11. The molecule has 51 heavy (non-hydrogen) atoms. The minimum absolute atomic E-state index is 0.615. The van der Waals surface area contributed by atoms with Gasteiger partial charge < -0.3 is 4.42 Å². The fourth-order valence-corrected chi connectivity index (χ4v) is 7.22. The van der Waals surface area contributed by atoms with Crippen LogP contribution < -0.4 is 0 Å². The van der Waals surface area contributed by atoms with Gasteiger partial charge in [0.25, 0.3) is 0 Å². The smallest absolute Gasteiger partial charge is 0.164 e. The van der Waals surface area contributed by atoms with Gasteiger partial charge in [-0.25, -0.2) is 15.0 Å². The molecule has 0 N–H and O–H groups in total. The minimum Gasteiger partial charge on any atom is -0.455 e. The molecule has 0 fully saturated rings. The maximum Gasteiger partial charge on any atom is 0.164 e. The first-order valence-electron chi connectivity index (χ1n) is 17.1. The number of hydrogen-bond acceptors (Lipinski definition) is 4. The van der Waals surface area contributed by atoms with Crippen LogP contribution in [-0.2, 0) is 0 Å². The van der Waals surface area contributed by atoms with Crippen LogP contribution in [-0.4, -0.2) is 15.0 Å². The molecule has 0 amide bonds. The second-order valence-electron chi connectivity index (χ2n) is 12.8. The minimum atomic E-state index is 0.615. The van der Waals surface area contributed by atoms with Gasteiger partial charge in [-0.1, -0.05) is 152 Å². The van der Waals surface area contributed by atoms with E-state index in [1.165, 1.54) is 21.9 Å². The molecule has 0 spiro atoms. The number of fused-ring (bicyclic) bond motifs is 6. The molecule has 0 saturated heterocycles. The maximum absolute atomic E-state index is 6.60. The van der Waals surface area contributed by atoms with Crippen LogP contribution in [0.3, 0.4) is 0 Å². The SMILES string of the molecule is c1ccc(-c2nc(-c3ccccc3)nc(-c3ccc4oc5c6ccccc6c(-c6ccc(-c7cccc8ccccc78)cc6)cc5c4c3)n2)cc1. The van der Waals surface area contributed by atoms with E-state index in [9.17, 15) is 0 Å². The van der Waals surface area contributed by atoms with Gasteiger partial charge in [-0.2, -0.15) is 0 Å². The highest BCUT2D eigenvalue weighted by Gasteiger charge is 2.18. The van der Waals surface area contributed by atoms with Gasteiger partial charge >= 0.3 is 0 Å². The lowest BCUT2D eigenvalue weighted by molar-refractivity contribution is 0.672. The van der Waals surface area contributed by atoms with E-state index in [1.54, 1.807) is 0 Å². The molecule has 0 aliphatic rings. The summed E-state index contributed by atoms with van der Waals surface area (Å²) in [6.07, 6.45) is 0. The van der Waals surface area contributed by atoms with Crippen molar-refractivity contribution >= 4 is 43.5 Å². The highest BCUT2D eigenvalue weighted by molar-refractivity contribution is 6.19. The molecule has 0 aliphatic carbocycles. The molecular weight excluding hydrogens is 623 g/mol. The molecular formula is C47H29N3O. The number of benzene rings is 8. The summed E-state index contributed by atoms with van der Waals surface area (Å²) in [6, 6.07) is 61.1. The normalized spacial score (nSPS) is 11.5. The van der Waals surface area contributed by atoms with E-state index in [0.29, 0.717) is 17.5 Å².